The van der Waals surface area contributed by atoms with Crippen LogP contribution < -0.4 is 0 Å². The van der Waals surface area contributed by atoms with Gasteiger partial charge in [0.05, 0.1) is 10.0 Å². The molecule has 3 aromatic rings. The van der Waals surface area contributed by atoms with Gasteiger partial charge in [-0.1, -0.05) is 46.4 Å². The van der Waals surface area contributed by atoms with Crippen LogP contribution in [0.25, 0.3) is 0 Å². The van der Waals surface area contributed by atoms with Crippen LogP contribution in [0.1, 0.15) is 0 Å². The molecule has 0 aliphatic rings. The van der Waals surface area contributed by atoms with Gasteiger partial charge >= 0.3 is 103 Å². The van der Waals surface area contributed by atoms with Gasteiger partial charge in [-0.05, 0) is 0 Å². The molecule has 0 bridgehead atoms. The average Bonchev–Trinajstić information content (AvgIpc) is 2.68. The monoisotopic (exact) mass is 514 g/mol. The van der Waals surface area contributed by atoms with Crippen molar-refractivity contribution in [1.82, 2.24) is 15.0 Å². The molecule has 0 aliphatic carbocycles. The second kappa shape index (κ2) is 12.1. The number of rotatable bonds is 5. The Morgan fingerprint density at radius 3 is 1.62 bits per heavy atom. The van der Waals surface area contributed by atoms with E-state index in [0.717, 1.165) is 16.3 Å². The Morgan fingerprint density at radius 1 is 0.828 bits per heavy atom. The molecule has 150 valence electrons. The van der Waals surface area contributed by atoms with Crippen LogP contribution in [0, 0.1) is 0 Å². The number of hydrogen-bond acceptors (Lipinski definition) is 7. The molecule has 5 nitrogen and oxygen atoms in total. The predicted molar refractivity (Wildman–Crippen MR) is 118 cm³/mol. The molecule has 13 heteroatoms. The first-order valence-electron chi connectivity index (χ1n) is 7.68. The molecule has 3 heterocycles. The normalized spacial score (nSPS) is 10.7. The molecule has 3 rings (SSSR count). The molecule has 0 unspecified atom stereocenters. The van der Waals surface area contributed by atoms with E-state index in [1.54, 1.807) is 0 Å². The third-order valence-electron chi connectivity index (χ3n) is 3.02. The first-order chi connectivity index (χ1) is 13.7. The molecule has 3 aromatic heterocycles. The van der Waals surface area contributed by atoms with Gasteiger partial charge < -0.3 is 0 Å². The summed E-state index contributed by atoms with van der Waals surface area (Å²) in [6.45, 7) is 0. The van der Waals surface area contributed by atoms with Gasteiger partial charge in [-0.15, -0.1) is 0 Å². The molecular formula is C16H11Cl4N3O2S3Zn. The van der Waals surface area contributed by atoms with E-state index in [1.807, 2.05) is 56.2 Å². The van der Waals surface area contributed by atoms with Crippen LogP contribution >= 0.6 is 65.9 Å². The predicted octanol–water partition coefficient (Wildman–Crippen LogP) is 6.37. The van der Waals surface area contributed by atoms with Crippen molar-refractivity contribution < 1.29 is 23.1 Å². The summed E-state index contributed by atoms with van der Waals surface area (Å²) in [5.41, 5.74) is 0. The van der Waals surface area contributed by atoms with Crippen molar-refractivity contribution in [3.05, 3.63) is 69.1 Å². The fraction of sp³-hybridized carbons (Fsp3) is 0.0625. The summed E-state index contributed by atoms with van der Waals surface area (Å²) in [5.74, 6) is 0. The number of aromatic nitrogens is 3. The van der Waals surface area contributed by atoms with Crippen LogP contribution in [-0.4, -0.2) is 29.6 Å². The molecule has 0 fully saturated rings. The fourth-order valence-corrected chi connectivity index (χ4v) is 14.0. The van der Waals surface area contributed by atoms with E-state index in [1.165, 1.54) is 0 Å². The minimum absolute atomic E-state index is 0.193. The summed E-state index contributed by atoms with van der Waals surface area (Å²) in [6.07, 6.45) is 4.64. The number of pyridine rings is 3. The Kier molecular flexibility index (Phi) is 10.5. The van der Waals surface area contributed by atoms with Crippen molar-refractivity contribution in [3.8, 4) is 0 Å². The summed E-state index contributed by atoms with van der Waals surface area (Å²) in [6, 6.07) is 12.1. The van der Waals surface area contributed by atoms with Crippen molar-refractivity contribution in [2.75, 3.05) is 6.26 Å². The number of nitrogens with zero attached hydrogens (tertiary/aromatic N) is 3. The van der Waals surface area contributed by atoms with Crippen LogP contribution in [0.5, 0.6) is 0 Å². The molecule has 0 aromatic carbocycles. The average molecular weight is 516 g/mol. The Hall–Kier alpha value is -0.117. The van der Waals surface area contributed by atoms with Crippen LogP contribution in [0.2, 0.25) is 20.4 Å². The zero-order valence-electron chi connectivity index (χ0n) is 14.7. The van der Waals surface area contributed by atoms with E-state index in [9.17, 15) is 8.42 Å². The zero-order chi connectivity index (χ0) is 21.4. The topological polar surface area (TPSA) is 72.8 Å². The van der Waals surface area contributed by atoms with E-state index in [-0.39, 0.29) is 25.2 Å². The molecule has 29 heavy (non-hydrogen) atoms. The van der Waals surface area contributed by atoms with Crippen molar-refractivity contribution >= 4 is 75.7 Å². The summed E-state index contributed by atoms with van der Waals surface area (Å²) >= 11 is 21.7. The molecule has 0 aliphatic heterocycles. The third-order valence-corrected chi connectivity index (χ3v) is 16.1. The van der Waals surface area contributed by atoms with E-state index >= 15 is 0 Å². The molecule has 0 radical (unpaired) electrons. The quantitative estimate of drug-likeness (QED) is 0.288. The van der Waals surface area contributed by atoms with Gasteiger partial charge in [-0.2, -0.15) is 0 Å². The Balaban J connectivity index is 0.000000208. The van der Waals surface area contributed by atoms with Gasteiger partial charge in [0.1, 0.15) is 4.90 Å². The second-order valence-electron chi connectivity index (χ2n) is 5.17. The van der Waals surface area contributed by atoms with Gasteiger partial charge in [0, 0.05) is 6.26 Å². The molecule has 0 saturated heterocycles. The van der Waals surface area contributed by atoms with Crippen molar-refractivity contribution in [2.24, 2.45) is 0 Å². The molecular weight excluding hydrogens is 505 g/mol. The van der Waals surface area contributed by atoms with Crippen molar-refractivity contribution in [2.45, 2.75) is 14.9 Å². The molecule has 0 atom stereocenters. The third kappa shape index (κ3) is 8.15. The molecule has 0 amide bonds. The van der Waals surface area contributed by atoms with Crippen LogP contribution in [-0.2, 0) is 24.5 Å². The maximum absolute atomic E-state index is 11.3. The maximum atomic E-state index is 11.3. The molecule has 0 spiro atoms. The summed E-state index contributed by atoms with van der Waals surface area (Å²) < 4.78 is 22.5. The summed E-state index contributed by atoms with van der Waals surface area (Å²) in [7, 11) is 0.247. The van der Waals surface area contributed by atoms with Gasteiger partial charge in [-0.3, -0.25) is 0 Å². The van der Waals surface area contributed by atoms with Crippen LogP contribution in [0.4, 0.5) is 0 Å². The first-order valence-corrected chi connectivity index (χ1v) is 20.3. The minimum atomic E-state index is -3.58. The standard InChI is InChI=1S/C6H3Cl4NO2S.2C5H5NS.Zn/c1-14(12,13)4-2(7)5(9)11-6(10)3(4)8;2*7-5-3-1-2-4-6-5;/h1H3;2*1-4H,(H,6,7);/q;;;+2/p-2/i;;;1-64. The Morgan fingerprint density at radius 2 is 1.28 bits per heavy atom. The van der Waals surface area contributed by atoms with Crippen molar-refractivity contribution in [3.63, 3.8) is 0 Å². The van der Waals surface area contributed by atoms with E-state index < -0.39 is 24.5 Å². The van der Waals surface area contributed by atoms with E-state index in [2.05, 4.69) is 27.1 Å². The fourth-order valence-electron chi connectivity index (χ4n) is 1.81. The van der Waals surface area contributed by atoms with E-state index in [0.29, 0.717) is 0 Å². The van der Waals surface area contributed by atoms with Gasteiger partial charge in [0.25, 0.3) is 0 Å². The first kappa shape index (κ1) is 25.1. The van der Waals surface area contributed by atoms with E-state index in [4.69, 9.17) is 46.4 Å². The zero-order valence-corrected chi connectivity index (χ0v) is 23.2. The SMILES string of the molecule is CS(=O)(=O)c1c(Cl)c(Cl)nc(Cl)c1Cl.c1ccc([S][1Zn][S]c2ccccn2)nc1. The van der Waals surface area contributed by atoms with Crippen LogP contribution in [0.3, 0.4) is 0 Å². The second-order valence-corrected chi connectivity index (χ2v) is 19.0. The van der Waals surface area contributed by atoms with Gasteiger partial charge in [0.2, 0.25) is 0 Å². The van der Waals surface area contributed by atoms with Crippen LogP contribution in [0.15, 0.2) is 63.7 Å². The van der Waals surface area contributed by atoms with Crippen molar-refractivity contribution in [1.29, 1.82) is 0 Å². The Bertz CT molecular complexity index is 996. The molecule has 0 saturated carbocycles. The number of halogens is 4. The summed E-state index contributed by atoms with van der Waals surface area (Å²) in [4.78, 5) is 11.8. The number of sulfone groups is 1. The summed E-state index contributed by atoms with van der Waals surface area (Å²) in [5, 5.41) is 1.46. The van der Waals surface area contributed by atoms with Gasteiger partial charge in [-0.25, -0.2) is 13.4 Å². The van der Waals surface area contributed by atoms with Gasteiger partial charge in [0.15, 0.2) is 20.1 Å². The Labute approximate surface area is 202 Å². The number of hydrogen-bond donors (Lipinski definition) is 0. The molecule has 0 N–H and O–H groups in total.